The lowest BCUT2D eigenvalue weighted by atomic mass is 9.73. The Balaban J connectivity index is 1.62. The maximum atomic E-state index is 13.4. The Morgan fingerprint density at radius 1 is 1.13 bits per heavy atom. The van der Waals surface area contributed by atoms with Crippen molar-refractivity contribution in [2.75, 3.05) is 46.8 Å². The zero-order valence-corrected chi connectivity index (χ0v) is 19.8. The fraction of sp³-hybridized carbons (Fsp3) is 0.692. The van der Waals surface area contributed by atoms with E-state index in [-0.39, 0.29) is 5.91 Å². The number of carbonyl (C=O) groups is 2. The number of amides is 1. The minimum Gasteiger partial charge on any atom is -0.341 e. The summed E-state index contributed by atoms with van der Waals surface area (Å²) in [7, 11) is 4.12. The van der Waals surface area contributed by atoms with Gasteiger partial charge in [0.25, 0.3) is 0 Å². The first kappa shape index (κ1) is 23.9. The van der Waals surface area contributed by atoms with Gasteiger partial charge in [-0.25, -0.2) is 0 Å². The molecule has 5 heteroatoms. The van der Waals surface area contributed by atoms with Crippen LogP contribution in [-0.4, -0.2) is 79.3 Å². The number of Topliss-reactive ketones (excluding diaryl/α,β-unsaturated/α-hetero) is 1. The molecule has 0 radical (unpaired) electrons. The van der Waals surface area contributed by atoms with Gasteiger partial charge in [-0.3, -0.25) is 14.5 Å². The van der Waals surface area contributed by atoms with Gasteiger partial charge in [0.1, 0.15) is 5.78 Å². The smallest absolute Gasteiger partial charge is 0.222 e. The highest BCUT2D eigenvalue weighted by Crippen LogP contribution is 2.37. The topological polar surface area (TPSA) is 43.9 Å². The molecular weight excluding hydrogens is 386 g/mol. The molecule has 31 heavy (non-hydrogen) atoms. The predicted octanol–water partition coefficient (Wildman–Crippen LogP) is 3.48. The van der Waals surface area contributed by atoms with Crippen LogP contribution in [0.4, 0.5) is 0 Å². The summed E-state index contributed by atoms with van der Waals surface area (Å²) >= 11 is 0. The Bertz CT molecular complexity index is 706. The summed E-state index contributed by atoms with van der Waals surface area (Å²) in [4.78, 5) is 32.2. The van der Waals surface area contributed by atoms with Crippen molar-refractivity contribution in [2.45, 2.75) is 57.9 Å². The molecule has 3 rings (SSSR count). The first-order valence-corrected chi connectivity index (χ1v) is 12.2. The van der Waals surface area contributed by atoms with Gasteiger partial charge in [0.15, 0.2) is 0 Å². The average Bonchev–Trinajstić information content (AvgIpc) is 2.74. The normalized spacial score (nSPS) is 24.3. The standard InChI is InChI=1S/C26H41N3O2/c1-4-13-29-20-22(17-23-19-24(30)10-11-25(23)29)18-26(31)28(16-15-27(2)3)14-12-21-8-6-5-7-9-21/h5-9,22-23,25H,4,10-20H2,1-3H3/t22-,23-,25-/m1/s1. The van der Waals surface area contributed by atoms with E-state index in [1.165, 1.54) is 5.56 Å². The van der Waals surface area contributed by atoms with Gasteiger partial charge >= 0.3 is 0 Å². The molecule has 3 atom stereocenters. The number of benzene rings is 1. The molecule has 0 bridgehead atoms. The lowest BCUT2D eigenvalue weighted by molar-refractivity contribution is -0.133. The zero-order chi connectivity index (χ0) is 22.2. The predicted molar refractivity (Wildman–Crippen MR) is 126 cm³/mol. The number of hydrogen-bond donors (Lipinski definition) is 0. The molecule has 1 heterocycles. The van der Waals surface area contributed by atoms with Gasteiger partial charge in [0.2, 0.25) is 5.91 Å². The fourth-order valence-electron chi connectivity index (χ4n) is 5.42. The van der Waals surface area contributed by atoms with Crippen LogP contribution >= 0.6 is 0 Å². The van der Waals surface area contributed by atoms with E-state index in [1.54, 1.807) is 0 Å². The van der Waals surface area contributed by atoms with Crippen LogP contribution in [0.3, 0.4) is 0 Å². The molecule has 2 fully saturated rings. The second kappa shape index (κ2) is 11.8. The minimum atomic E-state index is 0.278. The third-order valence-corrected chi connectivity index (χ3v) is 7.01. The average molecular weight is 428 g/mol. The maximum absolute atomic E-state index is 13.4. The molecule has 0 unspecified atom stereocenters. The second-order valence-electron chi connectivity index (χ2n) is 9.83. The molecule has 1 aromatic carbocycles. The lowest BCUT2D eigenvalue weighted by Crippen LogP contribution is -2.52. The summed E-state index contributed by atoms with van der Waals surface area (Å²) in [5.74, 6) is 1.50. The van der Waals surface area contributed by atoms with E-state index in [2.05, 4.69) is 60.0 Å². The van der Waals surface area contributed by atoms with Crippen molar-refractivity contribution < 1.29 is 9.59 Å². The highest BCUT2D eigenvalue weighted by Gasteiger charge is 2.40. The maximum Gasteiger partial charge on any atom is 0.222 e. The Kier molecular flexibility index (Phi) is 9.09. The molecule has 5 nitrogen and oxygen atoms in total. The van der Waals surface area contributed by atoms with Gasteiger partial charge in [-0.1, -0.05) is 37.3 Å². The number of likely N-dealkylation sites (tertiary alicyclic amines) is 1. The Labute approximate surface area is 188 Å². The van der Waals surface area contributed by atoms with E-state index in [0.717, 1.165) is 64.8 Å². The van der Waals surface area contributed by atoms with Crippen LogP contribution in [0.5, 0.6) is 0 Å². The van der Waals surface area contributed by atoms with E-state index in [0.29, 0.717) is 36.5 Å². The van der Waals surface area contributed by atoms with Crippen LogP contribution in [-0.2, 0) is 16.0 Å². The van der Waals surface area contributed by atoms with Gasteiger partial charge in [0.05, 0.1) is 0 Å². The van der Waals surface area contributed by atoms with Crippen molar-refractivity contribution in [1.82, 2.24) is 14.7 Å². The van der Waals surface area contributed by atoms with Crippen molar-refractivity contribution >= 4 is 11.7 Å². The summed E-state index contributed by atoms with van der Waals surface area (Å²) in [5, 5.41) is 0. The van der Waals surface area contributed by atoms with Crippen LogP contribution in [0.1, 0.15) is 51.0 Å². The number of likely N-dealkylation sites (N-methyl/N-ethyl adjacent to an activating group) is 1. The Morgan fingerprint density at radius 3 is 2.61 bits per heavy atom. The summed E-state index contributed by atoms with van der Waals surface area (Å²) in [6.45, 7) is 6.74. The van der Waals surface area contributed by atoms with Crippen molar-refractivity contribution in [3.05, 3.63) is 35.9 Å². The van der Waals surface area contributed by atoms with Crippen molar-refractivity contribution in [1.29, 1.82) is 0 Å². The summed E-state index contributed by atoms with van der Waals surface area (Å²) in [6, 6.07) is 11.0. The monoisotopic (exact) mass is 427 g/mol. The number of nitrogens with zero attached hydrogens (tertiary/aromatic N) is 3. The molecule has 1 amide bonds. The Morgan fingerprint density at radius 2 is 1.90 bits per heavy atom. The number of carbonyl (C=O) groups excluding carboxylic acids is 2. The summed E-state index contributed by atoms with van der Waals surface area (Å²) < 4.78 is 0. The third-order valence-electron chi connectivity index (χ3n) is 7.01. The molecule has 2 aliphatic rings. The molecule has 1 aromatic rings. The second-order valence-corrected chi connectivity index (χ2v) is 9.83. The molecule has 1 aliphatic heterocycles. The van der Waals surface area contributed by atoms with Gasteiger partial charge < -0.3 is 9.80 Å². The molecule has 0 aromatic heterocycles. The highest BCUT2D eigenvalue weighted by molar-refractivity contribution is 5.79. The lowest BCUT2D eigenvalue weighted by Gasteiger charge is -2.47. The largest absolute Gasteiger partial charge is 0.341 e. The molecule has 1 saturated carbocycles. The van der Waals surface area contributed by atoms with Crippen molar-refractivity contribution in [3.63, 3.8) is 0 Å². The fourth-order valence-corrected chi connectivity index (χ4v) is 5.42. The van der Waals surface area contributed by atoms with Crippen LogP contribution in [0.25, 0.3) is 0 Å². The molecule has 1 saturated heterocycles. The minimum absolute atomic E-state index is 0.278. The molecule has 0 spiro atoms. The van der Waals surface area contributed by atoms with Crippen molar-refractivity contribution in [2.24, 2.45) is 11.8 Å². The van der Waals surface area contributed by atoms with E-state index in [9.17, 15) is 9.59 Å². The number of ketones is 1. The summed E-state index contributed by atoms with van der Waals surface area (Å²) in [5.41, 5.74) is 1.28. The van der Waals surface area contributed by atoms with Gasteiger partial charge in [-0.2, -0.15) is 0 Å². The first-order chi connectivity index (χ1) is 15.0. The summed E-state index contributed by atoms with van der Waals surface area (Å²) in [6.07, 6.45) is 6.13. The molecule has 1 aliphatic carbocycles. The quantitative estimate of drug-likeness (QED) is 0.573. The Hall–Kier alpha value is -1.72. The highest BCUT2D eigenvalue weighted by atomic mass is 16.2. The van der Waals surface area contributed by atoms with Gasteiger partial charge in [-0.15, -0.1) is 0 Å². The van der Waals surface area contributed by atoms with Crippen molar-refractivity contribution in [3.8, 4) is 0 Å². The van der Waals surface area contributed by atoms with Crippen LogP contribution in [0.15, 0.2) is 30.3 Å². The van der Waals surface area contributed by atoms with E-state index in [4.69, 9.17) is 0 Å². The van der Waals surface area contributed by atoms with E-state index in [1.807, 2.05) is 6.07 Å². The van der Waals surface area contributed by atoms with Crippen LogP contribution in [0, 0.1) is 11.8 Å². The first-order valence-electron chi connectivity index (χ1n) is 12.2. The number of hydrogen-bond acceptors (Lipinski definition) is 4. The van der Waals surface area contributed by atoms with Gasteiger partial charge in [-0.05, 0) is 63.7 Å². The molecule has 172 valence electrons. The third kappa shape index (κ3) is 7.15. The number of piperidine rings is 1. The number of rotatable bonds is 10. The molecule has 0 N–H and O–H groups in total. The van der Waals surface area contributed by atoms with E-state index < -0.39 is 0 Å². The van der Waals surface area contributed by atoms with Crippen LogP contribution < -0.4 is 0 Å². The van der Waals surface area contributed by atoms with Gasteiger partial charge in [0, 0.05) is 51.5 Å². The van der Waals surface area contributed by atoms with E-state index >= 15 is 0 Å². The molecular formula is C26H41N3O2. The van der Waals surface area contributed by atoms with Crippen LogP contribution in [0.2, 0.25) is 0 Å². The zero-order valence-electron chi connectivity index (χ0n) is 19.8. The number of fused-ring (bicyclic) bond motifs is 1. The SMILES string of the molecule is CCCN1C[C@@H](CC(=O)N(CCc2ccccc2)CCN(C)C)C[C@@H]2CC(=O)CC[C@H]21.